The second-order valence-electron chi connectivity index (χ2n) is 3.96. The maximum Gasteiger partial charge on any atom is 0.333 e. The smallest absolute Gasteiger partial charge is 0.333 e. The van der Waals surface area contributed by atoms with Gasteiger partial charge in [0, 0.05) is 28.1 Å². The Morgan fingerprint density at radius 3 is 2.74 bits per heavy atom. The first-order chi connectivity index (χ1) is 9.10. The molecule has 0 aliphatic rings. The molecular weight excluding hydrogens is 310 g/mol. The molecule has 0 atom stereocenters. The number of hydrogen-bond acceptors (Lipinski definition) is 4. The fraction of sp³-hybridized carbons (Fsp3) is 0.143. The molecule has 0 saturated heterocycles. The van der Waals surface area contributed by atoms with E-state index < -0.39 is 5.97 Å². The Bertz CT molecular complexity index is 601. The number of carbonyl (C=O) groups is 1. The summed E-state index contributed by atoms with van der Waals surface area (Å²) in [6.45, 7) is 3.65. The minimum Gasteiger partial charge on any atom is -0.466 e. The highest BCUT2D eigenvalue weighted by Gasteiger charge is 2.12. The zero-order chi connectivity index (χ0) is 13.8. The van der Waals surface area contributed by atoms with Gasteiger partial charge < -0.3 is 9.26 Å². The lowest BCUT2D eigenvalue weighted by atomic mass is 10.1. The van der Waals surface area contributed by atoms with E-state index in [1.807, 2.05) is 24.3 Å². The van der Waals surface area contributed by atoms with Crippen molar-refractivity contribution in [1.29, 1.82) is 0 Å². The zero-order valence-corrected chi connectivity index (χ0v) is 11.9. The Balaban J connectivity index is 2.13. The van der Waals surface area contributed by atoms with E-state index in [4.69, 9.17) is 4.52 Å². The molecule has 0 saturated carbocycles. The average molecular weight is 322 g/mol. The standard InChI is InChI=1S/C14H12BrNO3/c1-9(14(17)18-2)7-12-8-13(19-16-12)10-3-5-11(15)6-4-10/h3-6,8H,1,7H2,2H3. The SMILES string of the molecule is C=C(Cc1cc(-c2ccc(Br)cc2)on1)C(=O)OC. The van der Waals surface area contributed by atoms with Crippen molar-refractivity contribution in [3.8, 4) is 11.3 Å². The van der Waals surface area contributed by atoms with Crippen LogP contribution in [0.5, 0.6) is 0 Å². The van der Waals surface area contributed by atoms with Gasteiger partial charge in [-0.1, -0.05) is 39.8 Å². The Kier molecular flexibility index (Phi) is 4.16. The summed E-state index contributed by atoms with van der Waals surface area (Å²) in [5, 5.41) is 3.92. The summed E-state index contributed by atoms with van der Waals surface area (Å²) in [6.07, 6.45) is 0.312. The molecule has 2 rings (SSSR count). The molecule has 98 valence electrons. The van der Waals surface area contributed by atoms with Crippen LogP contribution >= 0.6 is 15.9 Å². The van der Waals surface area contributed by atoms with Gasteiger partial charge in [0.2, 0.25) is 0 Å². The molecule has 5 heteroatoms. The topological polar surface area (TPSA) is 52.3 Å². The van der Waals surface area contributed by atoms with Gasteiger partial charge in [-0.3, -0.25) is 0 Å². The first-order valence-electron chi connectivity index (χ1n) is 5.58. The van der Waals surface area contributed by atoms with Crippen molar-refractivity contribution in [3.63, 3.8) is 0 Å². The van der Waals surface area contributed by atoms with Crippen LogP contribution in [0.3, 0.4) is 0 Å². The third kappa shape index (κ3) is 3.32. The highest BCUT2D eigenvalue weighted by atomic mass is 79.9. The molecule has 19 heavy (non-hydrogen) atoms. The molecule has 2 aromatic rings. The fourth-order valence-corrected chi connectivity index (χ4v) is 1.84. The van der Waals surface area contributed by atoms with Crippen LogP contribution in [-0.2, 0) is 16.0 Å². The van der Waals surface area contributed by atoms with E-state index in [0.717, 1.165) is 10.0 Å². The second kappa shape index (κ2) is 5.84. The lowest BCUT2D eigenvalue weighted by Crippen LogP contribution is -2.06. The maximum absolute atomic E-state index is 11.2. The number of esters is 1. The number of methoxy groups -OCH3 is 1. The molecule has 0 amide bonds. The number of nitrogens with zero attached hydrogens (tertiary/aromatic N) is 1. The number of hydrogen-bond donors (Lipinski definition) is 0. The van der Waals surface area contributed by atoms with Gasteiger partial charge >= 0.3 is 5.97 Å². The van der Waals surface area contributed by atoms with Gasteiger partial charge in [-0.2, -0.15) is 0 Å². The van der Waals surface area contributed by atoms with Crippen LogP contribution in [-0.4, -0.2) is 18.2 Å². The van der Waals surface area contributed by atoms with E-state index in [0.29, 0.717) is 23.4 Å². The molecule has 1 aromatic heterocycles. The summed E-state index contributed by atoms with van der Waals surface area (Å²) in [5.74, 6) is 0.216. The predicted octanol–water partition coefficient (Wildman–Crippen LogP) is 3.38. The summed E-state index contributed by atoms with van der Waals surface area (Å²) < 4.78 is 10.8. The Hall–Kier alpha value is -1.88. The van der Waals surface area contributed by atoms with Crippen LogP contribution in [0.25, 0.3) is 11.3 Å². The lowest BCUT2D eigenvalue weighted by Gasteiger charge is -1.99. The third-order valence-electron chi connectivity index (χ3n) is 2.56. The Morgan fingerprint density at radius 2 is 2.11 bits per heavy atom. The van der Waals surface area contributed by atoms with Gasteiger partial charge in [0.15, 0.2) is 5.76 Å². The number of carbonyl (C=O) groups excluding carboxylic acids is 1. The van der Waals surface area contributed by atoms with Crippen LogP contribution in [0.15, 0.2) is 51.5 Å². The van der Waals surface area contributed by atoms with Crippen molar-refractivity contribution in [3.05, 3.63) is 52.7 Å². The minimum atomic E-state index is -0.437. The normalized spacial score (nSPS) is 10.2. The number of ether oxygens (including phenoxy) is 1. The monoisotopic (exact) mass is 321 g/mol. The third-order valence-corrected chi connectivity index (χ3v) is 3.08. The van der Waals surface area contributed by atoms with Gasteiger partial charge in [-0.05, 0) is 12.1 Å². The van der Waals surface area contributed by atoms with Crippen molar-refractivity contribution >= 4 is 21.9 Å². The average Bonchev–Trinajstić information content (AvgIpc) is 2.87. The van der Waals surface area contributed by atoms with Crippen molar-refractivity contribution in [2.75, 3.05) is 7.11 Å². The van der Waals surface area contributed by atoms with Gasteiger partial charge in [0.1, 0.15) is 0 Å². The first-order valence-corrected chi connectivity index (χ1v) is 6.37. The predicted molar refractivity (Wildman–Crippen MR) is 74.5 cm³/mol. The molecule has 0 aliphatic carbocycles. The molecule has 1 heterocycles. The van der Waals surface area contributed by atoms with Crippen LogP contribution < -0.4 is 0 Å². The van der Waals surface area contributed by atoms with Gasteiger partial charge in [-0.25, -0.2) is 4.79 Å². The summed E-state index contributed by atoms with van der Waals surface area (Å²) in [4.78, 5) is 11.2. The van der Waals surface area contributed by atoms with E-state index >= 15 is 0 Å². The van der Waals surface area contributed by atoms with Crippen molar-refractivity contribution in [2.45, 2.75) is 6.42 Å². The van der Waals surface area contributed by atoms with E-state index in [1.54, 1.807) is 6.07 Å². The van der Waals surface area contributed by atoms with E-state index in [1.165, 1.54) is 7.11 Å². The summed E-state index contributed by atoms with van der Waals surface area (Å²) >= 11 is 3.37. The molecule has 4 nitrogen and oxygen atoms in total. The first kappa shape index (κ1) is 13.5. The molecule has 0 N–H and O–H groups in total. The highest BCUT2D eigenvalue weighted by Crippen LogP contribution is 2.23. The molecule has 0 spiro atoms. The molecule has 0 unspecified atom stereocenters. The Morgan fingerprint density at radius 1 is 1.42 bits per heavy atom. The number of halogens is 1. The molecule has 0 radical (unpaired) electrons. The second-order valence-corrected chi connectivity index (χ2v) is 4.88. The van der Waals surface area contributed by atoms with Gasteiger partial charge in [-0.15, -0.1) is 0 Å². The maximum atomic E-state index is 11.2. The highest BCUT2D eigenvalue weighted by molar-refractivity contribution is 9.10. The van der Waals surface area contributed by atoms with Gasteiger partial charge in [0.25, 0.3) is 0 Å². The molecular formula is C14H12BrNO3. The van der Waals surface area contributed by atoms with E-state index in [9.17, 15) is 4.79 Å². The summed E-state index contributed by atoms with van der Waals surface area (Å²) in [5.41, 5.74) is 1.91. The summed E-state index contributed by atoms with van der Waals surface area (Å²) in [7, 11) is 1.32. The number of aromatic nitrogens is 1. The van der Waals surface area contributed by atoms with E-state index in [2.05, 4.69) is 32.4 Å². The Labute approximate surface area is 119 Å². The van der Waals surface area contributed by atoms with Crippen LogP contribution in [0, 0.1) is 0 Å². The van der Waals surface area contributed by atoms with Crippen molar-refractivity contribution < 1.29 is 14.1 Å². The lowest BCUT2D eigenvalue weighted by molar-refractivity contribution is -0.136. The molecule has 1 aromatic carbocycles. The molecule has 0 aliphatic heterocycles. The quantitative estimate of drug-likeness (QED) is 0.640. The number of benzene rings is 1. The molecule has 0 fully saturated rings. The number of rotatable bonds is 4. The minimum absolute atomic E-state index is 0.312. The van der Waals surface area contributed by atoms with Crippen LogP contribution in [0.4, 0.5) is 0 Å². The van der Waals surface area contributed by atoms with Crippen LogP contribution in [0.2, 0.25) is 0 Å². The summed E-state index contributed by atoms with van der Waals surface area (Å²) in [6, 6.07) is 9.47. The van der Waals surface area contributed by atoms with Gasteiger partial charge in [0.05, 0.1) is 12.8 Å². The molecule has 0 bridgehead atoms. The zero-order valence-electron chi connectivity index (χ0n) is 10.4. The fourth-order valence-electron chi connectivity index (χ4n) is 1.58. The van der Waals surface area contributed by atoms with Crippen molar-refractivity contribution in [2.24, 2.45) is 0 Å². The van der Waals surface area contributed by atoms with Crippen LogP contribution in [0.1, 0.15) is 5.69 Å². The largest absolute Gasteiger partial charge is 0.466 e. The van der Waals surface area contributed by atoms with Crippen molar-refractivity contribution in [1.82, 2.24) is 5.16 Å². The van der Waals surface area contributed by atoms with E-state index in [-0.39, 0.29) is 0 Å².